The number of rotatable bonds is 5. The van der Waals surface area contributed by atoms with Crippen LogP contribution in [0.2, 0.25) is 0 Å². The van der Waals surface area contributed by atoms with Crippen LogP contribution < -0.4 is 0 Å². The minimum absolute atomic E-state index is 0.00525. The van der Waals surface area contributed by atoms with Crippen molar-refractivity contribution in [3.63, 3.8) is 0 Å². The molecule has 2 aromatic rings. The number of aromatic hydroxyl groups is 2. The average molecular weight is 366 g/mol. The van der Waals surface area contributed by atoms with E-state index in [1.54, 1.807) is 18.2 Å². The smallest absolute Gasteiger partial charge is 0.314 e. The van der Waals surface area contributed by atoms with Crippen molar-refractivity contribution in [3.8, 4) is 11.5 Å². The molecular formula is C23H26O4. The molecule has 0 aromatic heterocycles. The van der Waals surface area contributed by atoms with Crippen LogP contribution in [0.5, 0.6) is 11.5 Å². The molecule has 1 saturated heterocycles. The van der Waals surface area contributed by atoms with Gasteiger partial charge in [0.05, 0.1) is 5.92 Å². The third-order valence-corrected chi connectivity index (χ3v) is 5.21. The number of carbonyl (C=O) groups is 1. The minimum Gasteiger partial charge on any atom is -0.508 e. The molecule has 2 N–H and O–H groups in total. The van der Waals surface area contributed by atoms with Gasteiger partial charge in [-0.2, -0.15) is 0 Å². The fraction of sp³-hybridized carbons (Fsp3) is 0.348. The van der Waals surface area contributed by atoms with Crippen molar-refractivity contribution in [1.82, 2.24) is 0 Å². The van der Waals surface area contributed by atoms with E-state index in [1.807, 2.05) is 45.0 Å². The van der Waals surface area contributed by atoms with Crippen LogP contribution in [0.1, 0.15) is 43.4 Å². The van der Waals surface area contributed by atoms with E-state index in [0.717, 1.165) is 16.7 Å². The van der Waals surface area contributed by atoms with E-state index >= 15 is 0 Å². The van der Waals surface area contributed by atoms with Crippen LogP contribution in [0.25, 0.3) is 0 Å². The number of esters is 1. The zero-order valence-electron chi connectivity index (χ0n) is 16.0. The van der Waals surface area contributed by atoms with E-state index in [4.69, 9.17) is 4.74 Å². The Morgan fingerprint density at radius 1 is 1.11 bits per heavy atom. The molecule has 0 radical (unpaired) electrons. The van der Waals surface area contributed by atoms with Gasteiger partial charge in [0.1, 0.15) is 17.6 Å². The first kappa shape index (κ1) is 19.0. The molecule has 142 valence electrons. The maximum Gasteiger partial charge on any atom is 0.314 e. The van der Waals surface area contributed by atoms with Gasteiger partial charge in [0.15, 0.2) is 0 Å². The van der Waals surface area contributed by atoms with Gasteiger partial charge in [0, 0.05) is 12.3 Å². The van der Waals surface area contributed by atoms with Gasteiger partial charge >= 0.3 is 5.97 Å². The molecule has 1 aliphatic heterocycles. The summed E-state index contributed by atoms with van der Waals surface area (Å²) in [7, 11) is 0. The normalized spacial score (nSPS) is 21.7. The standard InChI is InChI=1S/C23H26O4/c1-14(2)4-7-17-8-9-18(13-20(17)25)22-15(3)21(27-23(22)26)12-16-5-10-19(24)11-6-16/h4-6,8-11,13,15,21-22,24-25H,7,12H2,1-3H3/t15-,21+,22-/m0/s1. The summed E-state index contributed by atoms with van der Waals surface area (Å²) in [5.74, 6) is -0.198. The lowest BCUT2D eigenvalue weighted by atomic mass is 9.84. The van der Waals surface area contributed by atoms with Gasteiger partial charge in [-0.1, -0.05) is 42.8 Å². The van der Waals surface area contributed by atoms with Crippen molar-refractivity contribution in [2.75, 3.05) is 0 Å². The second kappa shape index (κ2) is 7.87. The SMILES string of the molecule is CC(C)=CCc1ccc([C@H]2C(=O)O[C@H](Cc3ccc(O)cc3)[C@@H]2C)cc1O. The van der Waals surface area contributed by atoms with Gasteiger partial charge in [0.25, 0.3) is 0 Å². The Bertz CT molecular complexity index is 847. The van der Waals surface area contributed by atoms with Crippen LogP contribution in [0.3, 0.4) is 0 Å². The Hall–Kier alpha value is -2.75. The number of phenols is 2. The monoisotopic (exact) mass is 366 g/mol. The first-order valence-corrected chi connectivity index (χ1v) is 9.28. The Kier molecular flexibility index (Phi) is 5.54. The third kappa shape index (κ3) is 4.33. The zero-order chi connectivity index (χ0) is 19.6. The van der Waals surface area contributed by atoms with E-state index in [-0.39, 0.29) is 35.4 Å². The van der Waals surface area contributed by atoms with Crippen LogP contribution in [-0.2, 0) is 22.4 Å². The Balaban J connectivity index is 1.76. The summed E-state index contributed by atoms with van der Waals surface area (Å²) < 4.78 is 5.63. The van der Waals surface area contributed by atoms with E-state index < -0.39 is 0 Å². The van der Waals surface area contributed by atoms with Crippen molar-refractivity contribution in [2.45, 2.75) is 45.6 Å². The van der Waals surface area contributed by atoms with Crippen molar-refractivity contribution < 1.29 is 19.7 Å². The second-order valence-corrected chi connectivity index (χ2v) is 7.56. The molecule has 0 aliphatic carbocycles. The van der Waals surface area contributed by atoms with Crippen molar-refractivity contribution >= 4 is 5.97 Å². The number of cyclic esters (lactones) is 1. The molecule has 0 spiro atoms. The van der Waals surface area contributed by atoms with Gasteiger partial charge in [0.2, 0.25) is 0 Å². The number of ether oxygens (including phenoxy) is 1. The van der Waals surface area contributed by atoms with Gasteiger partial charge in [-0.15, -0.1) is 0 Å². The third-order valence-electron chi connectivity index (χ3n) is 5.21. The molecule has 4 heteroatoms. The predicted molar refractivity (Wildman–Crippen MR) is 105 cm³/mol. The molecular weight excluding hydrogens is 340 g/mol. The molecule has 1 aliphatic rings. The lowest BCUT2D eigenvalue weighted by molar-refractivity contribution is -0.142. The highest BCUT2D eigenvalue weighted by Gasteiger charge is 2.42. The number of benzene rings is 2. The predicted octanol–water partition coefficient (Wildman–Crippen LogP) is 4.49. The topological polar surface area (TPSA) is 66.8 Å². The first-order valence-electron chi connectivity index (χ1n) is 9.28. The maximum absolute atomic E-state index is 12.5. The fourth-order valence-electron chi connectivity index (χ4n) is 3.55. The first-order chi connectivity index (χ1) is 12.8. The highest BCUT2D eigenvalue weighted by molar-refractivity contribution is 5.81. The number of phenolic OH excluding ortho intramolecular Hbond substituents is 2. The maximum atomic E-state index is 12.5. The van der Waals surface area contributed by atoms with Crippen molar-refractivity contribution in [2.24, 2.45) is 5.92 Å². The molecule has 3 atom stereocenters. The number of carbonyl (C=O) groups excluding carboxylic acids is 1. The fourth-order valence-corrected chi connectivity index (χ4v) is 3.55. The van der Waals surface area contributed by atoms with Gasteiger partial charge in [-0.05, 0) is 55.2 Å². The molecule has 0 saturated carbocycles. The Morgan fingerprint density at radius 3 is 2.44 bits per heavy atom. The summed E-state index contributed by atoms with van der Waals surface area (Å²) in [6, 6.07) is 12.4. The van der Waals surface area contributed by atoms with Crippen LogP contribution >= 0.6 is 0 Å². The van der Waals surface area contributed by atoms with Gasteiger partial charge in [-0.25, -0.2) is 0 Å². The molecule has 1 fully saturated rings. The van der Waals surface area contributed by atoms with Crippen molar-refractivity contribution in [1.29, 1.82) is 0 Å². The number of hydrogen-bond acceptors (Lipinski definition) is 4. The van der Waals surface area contributed by atoms with Crippen LogP contribution in [-0.4, -0.2) is 22.3 Å². The summed E-state index contributed by atoms with van der Waals surface area (Å²) in [6.07, 6.45) is 3.12. The Morgan fingerprint density at radius 2 is 1.81 bits per heavy atom. The molecule has 0 bridgehead atoms. The summed E-state index contributed by atoms with van der Waals surface area (Å²) in [4.78, 5) is 12.5. The number of allylic oxidation sites excluding steroid dienone is 2. The van der Waals surface area contributed by atoms with Gasteiger partial charge < -0.3 is 14.9 Å². The van der Waals surface area contributed by atoms with Gasteiger partial charge in [-0.3, -0.25) is 4.79 Å². The summed E-state index contributed by atoms with van der Waals surface area (Å²) >= 11 is 0. The summed E-state index contributed by atoms with van der Waals surface area (Å²) in [5, 5.41) is 19.8. The largest absolute Gasteiger partial charge is 0.508 e. The Labute approximate surface area is 160 Å². The van der Waals surface area contributed by atoms with E-state index in [0.29, 0.717) is 12.8 Å². The van der Waals surface area contributed by atoms with Crippen molar-refractivity contribution in [3.05, 3.63) is 70.8 Å². The molecule has 4 nitrogen and oxygen atoms in total. The highest BCUT2D eigenvalue weighted by Crippen LogP contribution is 2.39. The molecule has 0 amide bonds. The second-order valence-electron chi connectivity index (χ2n) is 7.56. The molecule has 2 aromatic carbocycles. The lowest BCUT2D eigenvalue weighted by Gasteiger charge is -2.17. The minimum atomic E-state index is -0.379. The van der Waals surface area contributed by atoms with Crippen LogP contribution in [0.15, 0.2) is 54.1 Å². The zero-order valence-corrected chi connectivity index (χ0v) is 16.0. The number of hydrogen-bond donors (Lipinski definition) is 2. The summed E-state index contributed by atoms with van der Waals surface area (Å²) in [5.41, 5.74) is 3.85. The summed E-state index contributed by atoms with van der Waals surface area (Å²) in [6.45, 7) is 6.06. The van der Waals surface area contributed by atoms with E-state index in [9.17, 15) is 15.0 Å². The molecule has 27 heavy (non-hydrogen) atoms. The molecule has 1 heterocycles. The quantitative estimate of drug-likeness (QED) is 0.604. The van der Waals surface area contributed by atoms with E-state index in [1.165, 1.54) is 5.57 Å². The molecule has 3 rings (SSSR count). The highest BCUT2D eigenvalue weighted by atomic mass is 16.6. The van der Waals surface area contributed by atoms with E-state index in [2.05, 4.69) is 6.08 Å². The average Bonchev–Trinajstić information content (AvgIpc) is 2.89. The lowest BCUT2D eigenvalue weighted by Crippen LogP contribution is -2.19. The van der Waals surface area contributed by atoms with Crippen LogP contribution in [0, 0.1) is 5.92 Å². The molecule has 0 unspecified atom stereocenters. The van der Waals surface area contributed by atoms with Crippen LogP contribution in [0.4, 0.5) is 0 Å².